The minimum absolute atomic E-state index is 0.435. The number of fused-ring (bicyclic) bond motifs is 1. The van der Waals surface area contributed by atoms with Crippen LogP contribution in [0.2, 0.25) is 0 Å². The lowest BCUT2D eigenvalue weighted by Gasteiger charge is -2.59. The standard InChI is InChI=1S/C29H38N2O/c1-32-25-12-8-21(9-13-25)19-30-24-11-10-23-17-28-26-7-2-3-14-29(26,27(23)18-24)15-16-31(28)20-22-5-4-6-22/h8-13,18,22,26,28,30H,2-7,14-17,19-20H2,1H3/t26?,28?,29-/m1/s1. The van der Waals surface area contributed by atoms with E-state index in [0.717, 1.165) is 30.2 Å². The molecule has 0 amide bonds. The second-order valence-electron chi connectivity index (χ2n) is 10.9. The third kappa shape index (κ3) is 3.53. The summed E-state index contributed by atoms with van der Waals surface area (Å²) in [5, 5.41) is 3.71. The van der Waals surface area contributed by atoms with Crippen molar-refractivity contribution in [2.24, 2.45) is 11.8 Å². The second kappa shape index (κ2) is 8.41. The molecule has 2 unspecified atom stereocenters. The van der Waals surface area contributed by atoms with Crippen molar-refractivity contribution in [3.63, 3.8) is 0 Å². The maximum atomic E-state index is 5.30. The molecule has 0 spiro atoms. The molecule has 3 nitrogen and oxygen atoms in total. The van der Waals surface area contributed by atoms with Gasteiger partial charge in [-0.2, -0.15) is 0 Å². The highest BCUT2D eigenvalue weighted by molar-refractivity contribution is 5.54. The molecule has 1 N–H and O–H groups in total. The van der Waals surface area contributed by atoms with Gasteiger partial charge < -0.3 is 10.1 Å². The van der Waals surface area contributed by atoms with Crippen molar-refractivity contribution in [3.05, 3.63) is 59.2 Å². The number of hydrogen-bond acceptors (Lipinski definition) is 3. The van der Waals surface area contributed by atoms with E-state index >= 15 is 0 Å². The third-order valence-corrected chi connectivity index (χ3v) is 9.32. The molecule has 2 bridgehead atoms. The molecule has 6 rings (SSSR count). The summed E-state index contributed by atoms with van der Waals surface area (Å²) >= 11 is 0. The van der Waals surface area contributed by atoms with E-state index in [4.69, 9.17) is 4.74 Å². The topological polar surface area (TPSA) is 24.5 Å². The van der Waals surface area contributed by atoms with E-state index in [1.165, 1.54) is 82.1 Å². The number of nitrogens with one attached hydrogen (secondary N) is 1. The summed E-state index contributed by atoms with van der Waals surface area (Å²) in [5.41, 5.74) is 6.35. The molecular formula is C29H38N2O. The number of ether oxygens (including phenoxy) is 1. The van der Waals surface area contributed by atoms with Crippen LogP contribution in [0.5, 0.6) is 5.75 Å². The van der Waals surface area contributed by atoms with E-state index < -0.39 is 0 Å². The number of rotatable bonds is 6. The van der Waals surface area contributed by atoms with Gasteiger partial charge in [-0.3, -0.25) is 4.90 Å². The highest BCUT2D eigenvalue weighted by atomic mass is 16.5. The first-order valence-corrected chi connectivity index (χ1v) is 13.0. The van der Waals surface area contributed by atoms with Crippen molar-refractivity contribution in [2.75, 3.05) is 25.5 Å². The number of benzene rings is 2. The Hall–Kier alpha value is -2.00. The minimum Gasteiger partial charge on any atom is -0.497 e. The highest BCUT2D eigenvalue weighted by Crippen LogP contribution is 2.56. The molecule has 1 heterocycles. The summed E-state index contributed by atoms with van der Waals surface area (Å²) in [7, 11) is 1.72. The number of likely N-dealkylation sites (tertiary alicyclic amines) is 1. The van der Waals surface area contributed by atoms with E-state index in [1.807, 2.05) is 12.1 Å². The molecule has 3 atom stereocenters. The molecule has 3 heteroatoms. The van der Waals surface area contributed by atoms with Crippen LogP contribution in [0.4, 0.5) is 5.69 Å². The summed E-state index contributed by atoms with van der Waals surface area (Å²) in [5.74, 6) is 2.77. The molecule has 4 aliphatic rings. The zero-order valence-corrected chi connectivity index (χ0v) is 19.6. The molecule has 32 heavy (non-hydrogen) atoms. The summed E-state index contributed by atoms with van der Waals surface area (Å²) in [6.45, 7) is 3.55. The van der Waals surface area contributed by atoms with Crippen LogP contribution in [-0.2, 0) is 18.4 Å². The molecule has 2 aromatic rings. The van der Waals surface area contributed by atoms with Crippen molar-refractivity contribution < 1.29 is 4.74 Å². The Bertz CT molecular complexity index is 950. The number of hydrogen-bond donors (Lipinski definition) is 1. The van der Waals surface area contributed by atoms with Crippen molar-refractivity contribution >= 4 is 5.69 Å². The summed E-state index contributed by atoms with van der Waals surface area (Å²) in [6, 6.07) is 16.5. The quantitative estimate of drug-likeness (QED) is 0.593. The first-order chi connectivity index (χ1) is 15.7. The molecule has 0 aromatic heterocycles. The summed E-state index contributed by atoms with van der Waals surface area (Å²) < 4.78 is 5.30. The normalized spacial score (nSPS) is 29.5. The Morgan fingerprint density at radius 1 is 1.00 bits per heavy atom. The van der Waals surface area contributed by atoms with Gasteiger partial charge in [-0.1, -0.05) is 37.5 Å². The van der Waals surface area contributed by atoms with Gasteiger partial charge in [0.25, 0.3) is 0 Å². The monoisotopic (exact) mass is 430 g/mol. The van der Waals surface area contributed by atoms with Crippen LogP contribution in [0.3, 0.4) is 0 Å². The molecule has 0 radical (unpaired) electrons. The van der Waals surface area contributed by atoms with Gasteiger partial charge in [0.2, 0.25) is 0 Å². The number of anilines is 1. The van der Waals surface area contributed by atoms with Gasteiger partial charge >= 0.3 is 0 Å². The fraction of sp³-hybridized carbons (Fsp3) is 0.586. The van der Waals surface area contributed by atoms with Crippen molar-refractivity contribution in [3.8, 4) is 5.75 Å². The van der Waals surface area contributed by atoms with Crippen molar-refractivity contribution in [1.82, 2.24) is 4.90 Å². The smallest absolute Gasteiger partial charge is 0.118 e. The van der Waals surface area contributed by atoms with Gasteiger partial charge in [0, 0.05) is 30.2 Å². The average molecular weight is 431 g/mol. The van der Waals surface area contributed by atoms with Crippen LogP contribution >= 0.6 is 0 Å². The highest BCUT2D eigenvalue weighted by Gasteiger charge is 2.53. The zero-order valence-electron chi connectivity index (χ0n) is 19.6. The first-order valence-electron chi connectivity index (χ1n) is 13.0. The Balaban J connectivity index is 1.24. The van der Waals surface area contributed by atoms with Gasteiger partial charge in [-0.15, -0.1) is 0 Å². The van der Waals surface area contributed by atoms with Crippen LogP contribution in [0.15, 0.2) is 42.5 Å². The van der Waals surface area contributed by atoms with Crippen LogP contribution < -0.4 is 10.1 Å². The third-order valence-electron chi connectivity index (χ3n) is 9.32. The predicted molar refractivity (Wildman–Crippen MR) is 131 cm³/mol. The number of methoxy groups -OCH3 is 1. The van der Waals surface area contributed by atoms with E-state index in [2.05, 4.69) is 40.5 Å². The largest absolute Gasteiger partial charge is 0.497 e. The number of piperidine rings is 1. The predicted octanol–water partition coefficient (Wildman–Crippen LogP) is 6.17. The maximum absolute atomic E-state index is 5.30. The Kier molecular flexibility index (Phi) is 5.41. The maximum Gasteiger partial charge on any atom is 0.118 e. The molecule has 1 saturated heterocycles. The zero-order chi connectivity index (χ0) is 21.5. The van der Waals surface area contributed by atoms with Gasteiger partial charge in [0.1, 0.15) is 5.75 Å². The second-order valence-corrected chi connectivity index (χ2v) is 10.9. The Morgan fingerprint density at radius 3 is 2.66 bits per heavy atom. The fourth-order valence-corrected chi connectivity index (χ4v) is 7.38. The SMILES string of the molecule is COc1ccc(CNc2ccc3c(c2)[C@@]24CCCCC2C(C3)N(CC2CCC2)CC4)cc1. The molecule has 2 aromatic carbocycles. The van der Waals surface area contributed by atoms with Crippen molar-refractivity contribution in [1.29, 1.82) is 0 Å². The van der Waals surface area contributed by atoms with Gasteiger partial charge in [0.05, 0.1) is 7.11 Å². The van der Waals surface area contributed by atoms with E-state index in [0.29, 0.717) is 5.41 Å². The van der Waals surface area contributed by atoms with Gasteiger partial charge in [-0.25, -0.2) is 0 Å². The molecule has 3 aliphatic carbocycles. The fourth-order valence-electron chi connectivity index (χ4n) is 7.38. The Morgan fingerprint density at radius 2 is 1.88 bits per heavy atom. The van der Waals surface area contributed by atoms with Crippen LogP contribution in [0, 0.1) is 11.8 Å². The van der Waals surface area contributed by atoms with Crippen LogP contribution in [0.1, 0.15) is 68.1 Å². The lowest BCUT2D eigenvalue weighted by atomic mass is 9.52. The summed E-state index contributed by atoms with van der Waals surface area (Å²) in [4.78, 5) is 2.93. The lowest BCUT2D eigenvalue weighted by molar-refractivity contribution is -0.0239. The first kappa shape index (κ1) is 20.6. The average Bonchev–Trinajstić information content (AvgIpc) is 2.81. The minimum atomic E-state index is 0.435. The van der Waals surface area contributed by atoms with E-state index in [1.54, 1.807) is 18.2 Å². The van der Waals surface area contributed by atoms with Crippen molar-refractivity contribution in [2.45, 2.75) is 75.8 Å². The van der Waals surface area contributed by atoms with Crippen LogP contribution in [-0.4, -0.2) is 31.1 Å². The number of nitrogens with zero attached hydrogens (tertiary/aromatic N) is 1. The molecule has 1 aliphatic heterocycles. The lowest BCUT2D eigenvalue weighted by Crippen LogP contribution is -2.61. The van der Waals surface area contributed by atoms with E-state index in [9.17, 15) is 0 Å². The van der Waals surface area contributed by atoms with E-state index in [-0.39, 0.29) is 0 Å². The van der Waals surface area contributed by atoms with Gasteiger partial charge in [0.15, 0.2) is 0 Å². The molecule has 170 valence electrons. The van der Waals surface area contributed by atoms with Crippen LogP contribution in [0.25, 0.3) is 0 Å². The Labute approximate surface area is 193 Å². The molecular weight excluding hydrogens is 392 g/mol. The van der Waals surface area contributed by atoms with Gasteiger partial charge in [-0.05, 0) is 97.9 Å². The molecule has 2 saturated carbocycles. The summed E-state index contributed by atoms with van der Waals surface area (Å²) in [6.07, 6.45) is 12.7. The molecule has 3 fully saturated rings.